The standard InChI is InChI=1S/C24H19FN2O3S/c25-21-11-7-19(8-12-21)20-9-13-23(14-10-20)31(28,29)27-17-18-4-3-5-22(16-18)30-24-6-1-2-15-26-24/h1-16,27H,17H2. The number of halogens is 1. The van der Waals surface area contributed by atoms with E-state index in [4.69, 9.17) is 4.74 Å². The highest BCUT2D eigenvalue weighted by molar-refractivity contribution is 7.89. The first-order valence-electron chi connectivity index (χ1n) is 9.53. The summed E-state index contributed by atoms with van der Waals surface area (Å²) in [6.45, 7) is 0.113. The molecule has 0 radical (unpaired) electrons. The third-order valence-electron chi connectivity index (χ3n) is 4.57. The lowest BCUT2D eigenvalue weighted by atomic mass is 10.1. The van der Waals surface area contributed by atoms with Crippen LogP contribution in [-0.4, -0.2) is 13.4 Å². The van der Waals surface area contributed by atoms with Crippen LogP contribution in [0.15, 0.2) is 102 Å². The molecule has 0 unspecified atom stereocenters. The second kappa shape index (κ2) is 9.07. The fourth-order valence-corrected chi connectivity index (χ4v) is 4.00. The van der Waals surface area contributed by atoms with Gasteiger partial charge in [-0.3, -0.25) is 0 Å². The van der Waals surface area contributed by atoms with Gasteiger partial charge >= 0.3 is 0 Å². The van der Waals surface area contributed by atoms with Gasteiger partial charge in [0.25, 0.3) is 0 Å². The van der Waals surface area contributed by atoms with E-state index in [1.807, 2.05) is 12.1 Å². The summed E-state index contributed by atoms with van der Waals surface area (Å²) in [4.78, 5) is 4.26. The van der Waals surface area contributed by atoms with Crippen LogP contribution >= 0.6 is 0 Å². The Labute approximate surface area is 180 Å². The van der Waals surface area contributed by atoms with Crippen molar-refractivity contribution in [1.82, 2.24) is 9.71 Å². The first-order valence-corrected chi connectivity index (χ1v) is 11.0. The van der Waals surface area contributed by atoms with E-state index in [-0.39, 0.29) is 17.3 Å². The van der Waals surface area contributed by atoms with Crippen LogP contribution in [0.3, 0.4) is 0 Å². The Hall–Kier alpha value is -3.55. The molecular formula is C24H19FN2O3S. The molecule has 1 aromatic heterocycles. The number of benzene rings is 3. The second-order valence-corrected chi connectivity index (χ2v) is 8.54. The van der Waals surface area contributed by atoms with Crippen molar-refractivity contribution in [2.75, 3.05) is 0 Å². The van der Waals surface area contributed by atoms with Gasteiger partial charge in [-0.25, -0.2) is 22.5 Å². The number of nitrogens with one attached hydrogen (secondary N) is 1. The van der Waals surface area contributed by atoms with Gasteiger partial charge in [0, 0.05) is 18.8 Å². The lowest BCUT2D eigenvalue weighted by Gasteiger charge is -2.10. The third kappa shape index (κ3) is 5.33. The Morgan fingerprint density at radius 2 is 1.55 bits per heavy atom. The van der Waals surface area contributed by atoms with Crippen molar-refractivity contribution in [2.45, 2.75) is 11.4 Å². The zero-order valence-electron chi connectivity index (χ0n) is 16.4. The molecule has 0 saturated carbocycles. The summed E-state index contributed by atoms with van der Waals surface area (Å²) < 4.78 is 46.7. The van der Waals surface area contributed by atoms with Crippen molar-refractivity contribution in [3.63, 3.8) is 0 Å². The van der Waals surface area contributed by atoms with Gasteiger partial charge < -0.3 is 4.74 Å². The lowest BCUT2D eigenvalue weighted by molar-refractivity contribution is 0.462. The van der Waals surface area contributed by atoms with Crippen molar-refractivity contribution < 1.29 is 17.5 Å². The lowest BCUT2D eigenvalue weighted by Crippen LogP contribution is -2.23. The molecule has 5 nitrogen and oxygen atoms in total. The van der Waals surface area contributed by atoms with Gasteiger partial charge in [-0.15, -0.1) is 0 Å². The Bertz CT molecular complexity index is 1260. The van der Waals surface area contributed by atoms with Crippen LogP contribution < -0.4 is 9.46 Å². The van der Waals surface area contributed by atoms with E-state index >= 15 is 0 Å². The summed E-state index contributed by atoms with van der Waals surface area (Å²) in [5, 5.41) is 0. The van der Waals surface area contributed by atoms with Gasteiger partial charge in [0.15, 0.2) is 0 Å². The average molecular weight is 434 g/mol. The fraction of sp³-hybridized carbons (Fsp3) is 0.0417. The highest BCUT2D eigenvalue weighted by Gasteiger charge is 2.14. The molecule has 156 valence electrons. The number of ether oxygens (including phenoxy) is 1. The van der Waals surface area contributed by atoms with E-state index in [9.17, 15) is 12.8 Å². The van der Waals surface area contributed by atoms with Gasteiger partial charge in [0.1, 0.15) is 11.6 Å². The third-order valence-corrected chi connectivity index (χ3v) is 5.98. The fourth-order valence-electron chi connectivity index (χ4n) is 2.98. The van der Waals surface area contributed by atoms with Gasteiger partial charge in [-0.1, -0.05) is 42.5 Å². The quantitative estimate of drug-likeness (QED) is 0.436. The molecule has 0 atom stereocenters. The van der Waals surface area contributed by atoms with E-state index in [1.165, 1.54) is 24.3 Å². The molecule has 0 aliphatic rings. The van der Waals surface area contributed by atoms with Gasteiger partial charge in [0.2, 0.25) is 15.9 Å². The molecule has 0 bridgehead atoms. The number of pyridine rings is 1. The minimum Gasteiger partial charge on any atom is -0.439 e. The first-order chi connectivity index (χ1) is 15.0. The molecular weight excluding hydrogens is 415 g/mol. The van der Waals surface area contributed by atoms with E-state index in [0.29, 0.717) is 11.6 Å². The van der Waals surface area contributed by atoms with Crippen LogP contribution in [0.5, 0.6) is 11.6 Å². The number of sulfonamides is 1. The number of rotatable bonds is 7. The molecule has 31 heavy (non-hydrogen) atoms. The van der Waals surface area contributed by atoms with Crippen LogP contribution in [-0.2, 0) is 16.6 Å². The van der Waals surface area contributed by atoms with Gasteiger partial charge in [-0.2, -0.15) is 0 Å². The maximum absolute atomic E-state index is 13.1. The zero-order valence-corrected chi connectivity index (χ0v) is 17.2. The Balaban J connectivity index is 1.43. The van der Waals surface area contributed by atoms with Gasteiger partial charge in [-0.05, 0) is 59.2 Å². The highest BCUT2D eigenvalue weighted by atomic mass is 32.2. The average Bonchev–Trinajstić information content (AvgIpc) is 2.79. The molecule has 0 spiro atoms. The Kier molecular flexibility index (Phi) is 6.06. The van der Waals surface area contributed by atoms with Gasteiger partial charge in [0.05, 0.1) is 4.90 Å². The van der Waals surface area contributed by atoms with Crippen LogP contribution in [0.25, 0.3) is 11.1 Å². The van der Waals surface area contributed by atoms with Crippen LogP contribution in [0.4, 0.5) is 4.39 Å². The van der Waals surface area contributed by atoms with Crippen LogP contribution in [0.2, 0.25) is 0 Å². The zero-order chi connectivity index (χ0) is 21.7. The molecule has 0 fully saturated rings. The monoisotopic (exact) mass is 434 g/mol. The maximum Gasteiger partial charge on any atom is 0.240 e. The van der Waals surface area contributed by atoms with Crippen molar-refractivity contribution in [1.29, 1.82) is 0 Å². The molecule has 0 amide bonds. The molecule has 0 saturated heterocycles. The minimum atomic E-state index is -3.70. The Morgan fingerprint density at radius 1 is 0.839 bits per heavy atom. The van der Waals surface area contributed by atoms with E-state index < -0.39 is 10.0 Å². The molecule has 0 aliphatic heterocycles. The predicted molar refractivity (Wildman–Crippen MR) is 117 cm³/mol. The summed E-state index contributed by atoms with van der Waals surface area (Å²) in [6.07, 6.45) is 1.63. The summed E-state index contributed by atoms with van der Waals surface area (Å²) in [6, 6.07) is 25.0. The molecule has 1 N–H and O–H groups in total. The SMILES string of the molecule is O=S(=O)(NCc1cccc(Oc2ccccn2)c1)c1ccc(-c2ccc(F)cc2)cc1. The maximum atomic E-state index is 13.1. The topological polar surface area (TPSA) is 68.3 Å². The number of hydrogen-bond donors (Lipinski definition) is 1. The Morgan fingerprint density at radius 3 is 2.23 bits per heavy atom. The summed E-state index contributed by atoms with van der Waals surface area (Å²) in [5.74, 6) is 0.710. The predicted octanol–water partition coefficient (Wildman–Crippen LogP) is 5.16. The van der Waals surface area contributed by atoms with Crippen molar-refractivity contribution in [2.24, 2.45) is 0 Å². The normalized spacial score (nSPS) is 11.3. The van der Waals surface area contributed by atoms with Crippen molar-refractivity contribution >= 4 is 10.0 Å². The van der Waals surface area contributed by atoms with Crippen molar-refractivity contribution in [3.8, 4) is 22.8 Å². The molecule has 0 aliphatic carbocycles. The molecule has 7 heteroatoms. The van der Waals surface area contributed by atoms with E-state index in [0.717, 1.165) is 16.7 Å². The largest absolute Gasteiger partial charge is 0.439 e. The van der Waals surface area contributed by atoms with Crippen molar-refractivity contribution in [3.05, 3.63) is 109 Å². The summed E-state index contributed by atoms with van der Waals surface area (Å²) in [5.41, 5.74) is 2.36. The molecule has 4 aromatic rings. The summed E-state index contributed by atoms with van der Waals surface area (Å²) >= 11 is 0. The second-order valence-electron chi connectivity index (χ2n) is 6.77. The molecule has 1 heterocycles. The minimum absolute atomic E-state index is 0.113. The van der Waals surface area contributed by atoms with Crippen LogP contribution in [0, 0.1) is 5.82 Å². The number of aromatic nitrogens is 1. The first kappa shape index (κ1) is 20.7. The molecule has 3 aromatic carbocycles. The molecule has 4 rings (SSSR count). The van der Waals surface area contributed by atoms with E-state index in [2.05, 4.69) is 9.71 Å². The number of hydrogen-bond acceptors (Lipinski definition) is 4. The summed E-state index contributed by atoms with van der Waals surface area (Å²) in [7, 11) is -3.70. The van der Waals surface area contributed by atoms with Crippen LogP contribution in [0.1, 0.15) is 5.56 Å². The highest BCUT2D eigenvalue weighted by Crippen LogP contribution is 2.23. The number of nitrogens with zero attached hydrogens (tertiary/aromatic N) is 1. The van der Waals surface area contributed by atoms with E-state index in [1.54, 1.807) is 60.8 Å². The smallest absolute Gasteiger partial charge is 0.240 e.